The van der Waals surface area contributed by atoms with Crippen LogP contribution in [0.3, 0.4) is 0 Å². The molecule has 0 aliphatic heterocycles. The maximum absolute atomic E-state index is 11.7. The number of carbonyl (C=O) groups excluding carboxylic acids is 2. The first-order valence-electron chi connectivity index (χ1n) is 7.42. The number of halogens is 1. The second kappa shape index (κ2) is 8.36. The lowest BCUT2D eigenvalue weighted by Gasteiger charge is -2.12. The Bertz CT molecular complexity index is 717. The molecule has 0 heterocycles. The summed E-state index contributed by atoms with van der Waals surface area (Å²) in [6.07, 6.45) is 0. The van der Waals surface area contributed by atoms with Crippen molar-refractivity contribution in [1.29, 1.82) is 0 Å². The number of ether oxygens (including phenoxy) is 1. The Balaban J connectivity index is 1.91. The van der Waals surface area contributed by atoms with Gasteiger partial charge in [-0.2, -0.15) is 0 Å². The molecule has 0 spiro atoms. The number of nitrogens with zero attached hydrogens (tertiary/aromatic N) is 1. The van der Waals surface area contributed by atoms with E-state index in [1.807, 2.05) is 36.4 Å². The van der Waals surface area contributed by atoms with Crippen LogP contribution >= 0.6 is 11.6 Å². The highest BCUT2D eigenvalue weighted by molar-refractivity contribution is 6.32. The van der Waals surface area contributed by atoms with Crippen molar-refractivity contribution in [3.05, 3.63) is 53.6 Å². The molecule has 2 rings (SSSR count). The third-order valence-electron chi connectivity index (χ3n) is 3.33. The number of likely N-dealkylation sites (N-methyl/N-ethyl adjacent to an activating group) is 1. The fourth-order valence-electron chi connectivity index (χ4n) is 1.95. The molecule has 0 aliphatic carbocycles. The fourth-order valence-corrected chi connectivity index (χ4v) is 2.19. The maximum Gasteiger partial charge on any atom is 0.258 e. The number of rotatable bonds is 6. The topological polar surface area (TPSA) is 58.6 Å². The minimum Gasteiger partial charge on any atom is -0.482 e. The van der Waals surface area contributed by atoms with Crippen molar-refractivity contribution in [3.8, 4) is 16.9 Å². The highest BCUT2D eigenvalue weighted by Gasteiger charge is 2.10. The zero-order chi connectivity index (χ0) is 17.5. The van der Waals surface area contributed by atoms with Crippen LogP contribution < -0.4 is 10.1 Å². The van der Waals surface area contributed by atoms with E-state index in [4.69, 9.17) is 16.3 Å². The molecule has 0 bridgehead atoms. The third-order valence-corrected chi connectivity index (χ3v) is 3.63. The molecule has 2 aromatic rings. The minimum atomic E-state index is -0.381. The molecule has 0 aliphatic rings. The van der Waals surface area contributed by atoms with E-state index in [1.54, 1.807) is 26.2 Å². The quantitative estimate of drug-likeness (QED) is 0.874. The minimum absolute atomic E-state index is 0.0597. The molecule has 0 saturated heterocycles. The zero-order valence-electron chi connectivity index (χ0n) is 13.6. The second-order valence-corrected chi connectivity index (χ2v) is 5.77. The summed E-state index contributed by atoms with van der Waals surface area (Å²) in [7, 11) is 3.25. The monoisotopic (exact) mass is 346 g/mol. The smallest absolute Gasteiger partial charge is 0.258 e. The summed E-state index contributed by atoms with van der Waals surface area (Å²) < 4.78 is 5.41. The second-order valence-electron chi connectivity index (χ2n) is 5.36. The lowest BCUT2D eigenvalue weighted by molar-refractivity contribution is -0.131. The van der Waals surface area contributed by atoms with Gasteiger partial charge in [-0.1, -0.05) is 48.0 Å². The van der Waals surface area contributed by atoms with Gasteiger partial charge in [0.2, 0.25) is 5.91 Å². The summed E-state index contributed by atoms with van der Waals surface area (Å²) in [6, 6.07) is 15.2. The average molecular weight is 347 g/mol. The Morgan fingerprint density at radius 1 is 1.08 bits per heavy atom. The molecule has 126 valence electrons. The predicted octanol–water partition coefficient (Wildman–Crippen LogP) is 2.59. The first-order valence-corrected chi connectivity index (χ1v) is 7.80. The first-order chi connectivity index (χ1) is 11.5. The van der Waals surface area contributed by atoms with Crippen molar-refractivity contribution in [2.45, 2.75) is 0 Å². The van der Waals surface area contributed by atoms with Crippen LogP contribution in [0.5, 0.6) is 5.75 Å². The van der Waals surface area contributed by atoms with Crippen LogP contribution in [0.15, 0.2) is 48.5 Å². The molecular weight excluding hydrogens is 328 g/mol. The molecule has 0 aromatic heterocycles. The van der Waals surface area contributed by atoms with E-state index in [1.165, 1.54) is 4.90 Å². The summed E-state index contributed by atoms with van der Waals surface area (Å²) in [5, 5.41) is 2.92. The van der Waals surface area contributed by atoms with Crippen LogP contribution in [-0.2, 0) is 9.59 Å². The van der Waals surface area contributed by atoms with E-state index >= 15 is 0 Å². The molecule has 1 N–H and O–H groups in total. The van der Waals surface area contributed by atoms with Gasteiger partial charge in [0, 0.05) is 14.1 Å². The first kappa shape index (κ1) is 17.8. The standard InChI is InChI=1S/C18H19ClN2O3/c1-21(2)18(23)11-20-17(22)12-24-16-9-8-14(10-15(16)19)13-6-4-3-5-7-13/h3-10H,11-12H2,1-2H3,(H,20,22). The van der Waals surface area contributed by atoms with Gasteiger partial charge < -0.3 is 15.0 Å². The Hall–Kier alpha value is -2.53. The van der Waals surface area contributed by atoms with E-state index in [0.29, 0.717) is 10.8 Å². The number of hydrogen-bond donors (Lipinski definition) is 1. The van der Waals surface area contributed by atoms with Crippen LogP contribution in [-0.4, -0.2) is 44.0 Å². The van der Waals surface area contributed by atoms with E-state index in [0.717, 1.165) is 11.1 Å². The zero-order valence-corrected chi connectivity index (χ0v) is 14.3. The van der Waals surface area contributed by atoms with Crippen molar-refractivity contribution in [2.75, 3.05) is 27.2 Å². The molecule has 2 aromatic carbocycles. The molecular formula is C18H19ClN2O3. The summed E-state index contributed by atoms with van der Waals surface area (Å²) >= 11 is 6.21. The largest absolute Gasteiger partial charge is 0.482 e. The van der Waals surface area contributed by atoms with Gasteiger partial charge in [0.05, 0.1) is 11.6 Å². The van der Waals surface area contributed by atoms with Crippen LogP contribution in [0.4, 0.5) is 0 Å². The molecule has 2 amide bonds. The number of amides is 2. The van der Waals surface area contributed by atoms with Crippen molar-refractivity contribution in [3.63, 3.8) is 0 Å². The highest BCUT2D eigenvalue weighted by Crippen LogP contribution is 2.30. The van der Waals surface area contributed by atoms with Crippen LogP contribution in [0, 0.1) is 0 Å². The fraction of sp³-hybridized carbons (Fsp3) is 0.222. The lowest BCUT2D eigenvalue weighted by atomic mass is 10.1. The van der Waals surface area contributed by atoms with Crippen molar-refractivity contribution in [1.82, 2.24) is 10.2 Å². The molecule has 0 unspecified atom stereocenters. The van der Waals surface area contributed by atoms with Crippen molar-refractivity contribution in [2.24, 2.45) is 0 Å². The average Bonchev–Trinajstić information content (AvgIpc) is 2.59. The molecule has 0 atom stereocenters. The summed E-state index contributed by atoms with van der Waals surface area (Å²) in [6.45, 7) is -0.263. The van der Waals surface area contributed by atoms with Gasteiger partial charge in [0.1, 0.15) is 5.75 Å². The Morgan fingerprint density at radius 3 is 2.42 bits per heavy atom. The van der Waals surface area contributed by atoms with Crippen LogP contribution in [0.25, 0.3) is 11.1 Å². The van der Waals surface area contributed by atoms with Crippen molar-refractivity contribution >= 4 is 23.4 Å². The molecule has 6 heteroatoms. The summed E-state index contributed by atoms with van der Waals surface area (Å²) in [5.74, 6) is -0.146. The van der Waals surface area contributed by atoms with Crippen LogP contribution in [0.1, 0.15) is 0 Å². The Kier molecular flexibility index (Phi) is 6.21. The maximum atomic E-state index is 11.7. The Labute approximate surface area is 146 Å². The molecule has 0 saturated carbocycles. The van der Waals surface area contributed by atoms with E-state index in [9.17, 15) is 9.59 Å². The van der Waals surface area contributed by atoms with Crippen molar-refractivity contribution < 1.29 is 14.3 Å². The SMILES string of the molecule is CN(C)C(=O)CNC(=O)COc1ccc(-c2ccccc2)cc1Cl. The molecule has 5 nitrogen and oxygen atoms in total. The number of nitrogens with one attached hydrogen (secondary N) is 1. The molecule has 0 radical (unpaired) electrons. The van der Waals surface area contributed by atoms with Gasteiger partial charge in [-0.3, -0.25) is 9.59 Å². The van der Waals surface area contributed by atoms with Gasteiger partial charge in [0.15, 0.2) is 6.61 Å². The predicted molar refractivity (Wildman–Crippen MR) is 94.1 cm³/mol. The Morgan fingerprint density at radius 2 is 1.79 bits per heavy atom. The lowest BCUT2D eigenvalue weighted by Crippen LogP contribution is -2.38. The highest BCUT2D eigenvalue weighted by atomic mass is 35.5. The number of benzene rings is 2. The van der Waals surface area contributed by atoms with E-state index in [-0.39, 0.29) is 25.0 Å². The van der Waals surface area contributed by atoms with E-state index < -0.39 is 0 Å². The molecule has 0 fully saturated rings. The van der Waals surface area contributed by atoms with E-state index in [2.05, 4.69) is 5.32 Å². The van der Waals surface area contributed by atoms with Gasteiger partial charge >= 0.3 is 0 Å². The van der Waals surface area contributed by atoms with Crippen LogP contribution in [0.2, 0.25) is 5.02 Å². The molecule has 24 heavy (non-hydrogen) atoms. The summed E-state index contributed by atoms with van der Waals surface area (Å²) in [4.78, 5) is 24.5. The van der Waals surface area contributed by atoms with Gasteiger partial charge in [0.25, 0.3) is 5.91 Å². The number of hydrogen-bond acceptors (Lipinski definition) is 3. The number of carbonyl (C=O) groups is 2. The third kappa shape index (κ3) is 4.99. The van der Waals surface area contributed by atoms with Gasteiger partial charge in [-0.15, -0.1) is 0 Å². The normalized spacial score (nSPS) is 10.1. The van der Waals surface area contributed by atoms with Gasteiger partial charge in [-0.25, -0.2) is 0 Å². The van der Waals surface area contributed by atoms with Gasteiger partial charge in [-0.05, 0) is 23.3 Å². The summed E-state index contributed by atoms with van der Waals surface area (Å²) in [5.41, 5.74) is 2.01.